The predicted octanol–water partition coefficient (Wildman–Crippen LogP) is 6.17. The Kier molecular flexibility index (Phi) is 7.61. The van der Waals surface area contributed by atoms with E-state index in [1.54, 1.807) is 28.4 Å². The van der Waals surface area contributed by atoms with Gasteiger partial charge >= 0.3 is 0 Å². The molecular formula is C26H27ClN2O2S. The maximum Gasteiger partial charge on any atom is 0.248 e. The summed E-state index contributed by atoms with van der Waals surface area (Å²) in [7, 11) is 0. The van der Waals surface area contributed by atoms with Crippen molar-refractivity contribution in [3.63, 3.8) is 0 Å². The van der Waals surface area contributed by atoms with Gasteiger partial charge < -0.3 is 5.32 Å². The summed E-state index contributed by atoms with van der Waals surface area (Å²) in [5, 5.41) is 7.68. The standard InChI is InChI=1S/C26H27ClN2O2S/c27-21-10-7-13-23(17-21)29(24(30)16-19-14-15-32-18-19)25(20-8-3-1-4-9-20)26(31)28-22-11-5-2-6-12-22/h1,3-4,7-10,13-15,17-18,22,25H,2,5-6,11-12,16H2,(H,28,31). The van der Waals surface area contributed by atoms with Gasteiger partial charge in [-0.1, -0.05) is 67.3 Å². The second kappa shape index (κ2) is 10.8. The average Bonchev–Trinajstić information content (AvgIpc) is 3.31. The third-order valence-corrected chi connectivity index (χ3v) is 6.83. The number of halogens is 1. The van der Waals surface area contributed by atoms with E-state index >= 15 is 0 Å². The molecule has 0 spiro atoms. The van der Waals surface area contributed by atoms with Crippen molar-refractivity contribution < 1.29 is 9.59 Å². The maximum absolute atomic E-state index is 13.7. The number of rotatable bonds is 7. The highest BCUT2D eigenvalue weighted by molar-refractivity contribution is 7.08. The SMILES string of the molecule is O=C(NC1CCCCC1)C(c1ccccc1)N(C(=O)Cc1ccsc1)c1cccc(Cl)c1. The Labute approximate surface area is 198 Å². The normalized spacial score (nSPS) is 15.2. The number of benzene rings is 2. The lowest BCUT2D eigenvalue weighted by Gasteiger charge is -2.33. The Bertz CT molecular complexity index is 1030. The molecule has 1 aliphatic carbocycles. The van der Waals surface area contributed by atoms with E-state index in [9.17, 15) is 9.59 Å². The Morgan fingerprint density at radius 3 is 2.50 bits per heavy atom. The molecule has 166 valence electrons. The number of anilines is 1. The van der Waals surface area contributed by atoms with Crippen LogP contribution in [0.25, 0.3) is 0 Å². The van der Waals surface area contributed by atoms with Crippen LogP contribution in [0.4, 0.5) is 5.69 Å². The van der Waals surface area contributed by atoms with Crippen LogP contribution in [0.15, 0.2) is 71.4 Å². The van der Waals surface area contributed by atoms with Gasteiger partial charge in [0.2, 0.25) is 11.8 Å². The van der Waals surface area contributed by atoms with Gasteiger partial charge in [-0.3, -0.25) is 14.5 Å². The number of nitrogens with one attached hydrogen (secondary N) is 1. The van der Waals surface area contributed by atoms with E-state index in [0.29, 0.717) is 10.7 Å². The molecule has 1 heterocycles. The Morgan fingerprint density at radius 1 is 1.03 bits per heavy atom. The van der Waals surface area contributed by atoms with Crippen molar-refractivity contribution in [2.75, 3.05) is 4.90 Å². The monoisotopic (exact) mass is 466 g/mol. The minimum Gasteiger partial charge on any atom is -0.351 e. The molecule has 4 rings (SSSR count). The molecule has 32 heavy (non-hydrogen) atoms. The largest absolute Gasteiger partial charge is 0.351 e. The molecule has 1 atom stereocenters. The maximum atomic E-state index is 13.7. The average molecular weight is 467 g/mol. The highest BCUT2D eigenvalue weighted by Gasteiger charge is 2.34. The fourth-order valence-electron chi connectivity index (χ4n) is 4.30. The van der Waals surface area contributed by atoms with Crippen LogP contribution < -0.4 is 10.2 Å². The van der Waals surface area contributed by atoms with Crippen LogP contribution in [0, 0.1) is 0 Å². The van der Waals surface area contributed by atoms with E-state index in [0.717, 1.165) is 36.8 Å². The topological polar surface area (TPSA) is 49.4 Å². The highest BCUT2D eigenvalue weighted by Crippen LogP contribution is 2.31. The molecule has 0 aliphatic heterocycles. The second-order valence-corrected chi connectivity index (χ2v) is 9.43. The van der Waals surface area contributed by atoms with Gasteiger partial charge in [0.1, 0.15) is 6.04 Å². The summed E-state index contributed by atoms with van der Waals surface area (Å²) >= 11 is 7.84. The molecule has 1 unspecified atom stereocenters. The third-order valence-electron chi connectivity index (χ3n) is 5.86. The van der Waals surface area contributed by atoms with E-state index in [1.165, 1.54) is 6.42 Å². The summed E-state index contributed by atoms with van der Waals surface area (Å²) < 4.78 is 0. The molecule has 3 aromatic rings. The summed E-state index contributed by atoms with van der Waals surface area (Å²) in [6.45, 7) is 0. The van der Waals surface area contributed by atoms with Crippen LogP contribution in [0.3, 0.4) is 0 Å². The van der Waals surface area contributed by atoms with E-state index in [2.05, 4.69) is 5.32 Å². The second-order valence-electron chi connectivity index (χ2n) is 8.21. The Morgan fingerprint density at radius 2 is 1.81 bits per heavy atom. The van der Waals surface area contributed by atoms with E-state index in [1.807, 2.05) is 59.3 Å². The predicted molar refractivity (Wildman–Crippen MR) is 131 cm³/mol. The van der Waals surface area contributed by atoms with Crippen molar-refractivity contribution >= 4 is 40.4 Å². The van der Waals surface area contributed by atoms with Crippen molar-refractivity contribution in [2.24, 2.45) is 0 Å². The zero-order valence-corrected chi connectivity index (χ0v) is 19.4. The van der Waals surface area contributed by atoms with Crippen LogP contribution in [0.1, 0.15) is 49.3 Å². The van der Waals surface area contributed by atoms with Crippen molar-refractivity contribution in [3.8, 4) is 0 Å². The number of carbonyl (C=O) groups is 2. The first-order valence-corrected chi connectivity index (χ1v) is 12.4. The quantitative estimate of drug-likeness (QED) is 0.452. The molecule has 1 N–H and O–H groups in total. The minimum absolute atomic E-state index is 0.140. The summed E-state index contributed by atoms with van der Waals surface area (Å²) in [5.74, 6) is -0.292. The molecule has 1 aromatic heterocycles. The smallest absolute Gasteiger partial charge is 0.248 e. The fraction of sp³-hybridized carbons (Fsp3) is 0.308. The van der Waals surface area contributed by atoms with Gasteiger partial charge in [0.15, 0.2) is 0 Å². The lowest BCUT2D eigenvalue weighted by molar-refractivity contribution is -0.127. The summed E-state index contributed by atoms with van der Waals surface area (Å²) in [6.07, 6.45) is 5.63. The molecule has 0 radical (unpaired) electrons. The van der Waals surface area contributed by atoms with Gasteiger partial charge in [-0.15, -0.1) is 0 Å². The summed E-state index contributed by atoms with van der Waals surface area (Å²) in [6, 6.07) is 18.0. The first kappa shape index (κ1) is 22.6. The number of hydrogen-bond acceptors (Lipinski definition) is 3. The lowest BCUT2D eigenvalue weighted by atomic mass is 9.94. The van der Waals surface area contributed by atoms with E-state index in [-0.39, 0.29) is 24.3 Å². The lowest BCUT2D eigenvalue weighted by Crippen LogP contribution is -2.47. The first-order chi connectivity index (χ1) is 15.6. The molecule has 4 nitrogen and oxygen atoms in total. The molecule has 0 saturated heterocycles. The number of carbonyl (C=O) groups excluding carboxylic acids is 2. The number of nitrogens with zero attached hydrogens (tertiary/aromatic N) is 1. The number of thiophene rings is 1. The molecule has 1 aliphatic rings. The van der Waals surface area contributed by atoms with Gasteiger partial charge in [-0.2, -0.15) is 11.3 Å². The third kappa shape index (κ3) is 5.59. The molecule has 2 aromatic carbocycles. The van der Waals surface area contributed by atoms with Gasteiger partial charge in [-0.25, -0.2) is 0 Å². The van der Waals surface area contributed by atoms with Crippen LogP contribution in [0.5, 0.6) is 0 Å². The van der Waals surface area contributed by atoms with Gasteiger partial charge in [0.25, 0.3) is 0 Å². The molecule has 0 bridgehead atoms. The molecule has 2 amide bonds. The minimum atomic E-state index is -0.775. The molecule has 6 heteroatoms. The van der Waals surface area contributed by atoms with Crippen molar-refractivity contribution in [2.45, 2.75) is 50.6 Å². The fourth-order valence-corrected chi connectivity index (χ4v) is 5.15. The van der Waals surface area contributed by atoms with Crippen molar-refractivity contribution in [1.82, 2.24) is 5.32 Å². The zero-order valence-electron chi connectivity index (χ0n) is 17.9. The van der Waals surface area contributed by atoms with Crippen LogP contribution in [-0.4, -0.2) is 17.9 Å². The molecule has 1 fully saturated rings. The summed E-state index contributed by atoms with van der Waals surface area (Å²) in [4.78, 5) is 28.9. The van der Waals surface area contributed by atoms with Crippen LogP contribution in [0.2, 0.25) is 5.02 Å². The van der Waals surface area contributed by atoms with Crippen molar-refractivity contribution in [1.29, 1.82) is 0 Å². The first-order valence-electron chi connectivity index (χ1n) is 11.1. The van der Waals surface area contributed by atoms with Gasteiger partial charge in [0, 0.05) is 16.8 Å². The molecular weight excluding hydrogens is 440 g/mol. The van der Waals surface area contributed by atoms with E-state index in [4.69, 9.17) is 11.6 Å². The van der Waals surface area contributed by atoms with Crippen LogP contribution >= 0.6 is 22.9 Å². The van der Waals surface area contributed by atoms with Crippen molar-refractivity contribution in [3.05, 3.63) is 87.6 Å². The van der Waals surface area contributed by atoms with Crippen LogP contribution in [-0.2, 0) is 16.0 Å². The molecule has 1 saturated carbocycles. The van der Waals surface area contributed by atoms with Gasteiger partial charge in [-0.05, 0) is 59.0 Å². The zero-order chi connectivity index (χ0) is 22.3. The number of amides is 2. The highest BCUT2D eigenvalue weighted by atomic mass is 35.5. The number of hydrogen-bond donors (Lipinski definition) is 1. The van der Waals surface area contributed by atoms with Gasteiger partial charge in [0.05, 0.1) is 6.42 Å². The van der Waals surface area contributed by atoms with E-state index < -0.39 is 6.04 Å². The Balaban J connectivity index is 1.72. The Hall–Kier alpha value is -2.63. The summed E-state index contributed by atoms with van der Waals surface area (Å²) in [5.41, 5.74) is 2.33.